The molecule has 1 N–H and O–H groups in total. The van der Waals surface area contributed by atoms with Crippen LogP contribution in [0.5, 0.6) is 0 Å². The second-order valence-corrected chi connectivity index (χ2v) is 6.15. The maximum atomic E-state index is 12.9. The molecule has 0 atom stereocenters. The summed E-state index contributed by atoms with van der Waals surface area (Å²) in [7, 11) is 0. The van der Waals surface area contributed by atoms with E-state index in [0.717, 1.165) is 10.6 Å². The Morgan fingerprint density at radius 3 is 2.77 bits per heavy atom. The Morgan fingerprint density at radius 2 is 2.04 bits per heavy atom. The van der Waals surface area contributed by atoms with Crippen molar-refractivity contribution in [3.63, 3.8) is 0 Å². The van der Waals surface area contributed by atoms with Crippen LogP contribution in [0.4, 0.5) is 4.39 Å². The van der Waals surface area contributed by atoms with E-state index >= 15 is 0 Å². The number of aromatic nitrogens is 1. The fourth-order valence-corrected chi connectivity index (χ4v) is 2.91. The maximum absolute atomic E-state index is 12.9. The number of carbonyl (C=O) groups is 2. The van der Waals surface area contributed by atoms with Crippen LogP contribution >= 0.6 is 11.3 Å². The molecule has 0 aliphatic heterocycles. The third-order valence-electron chi connectivity index (χ3n) is 3.38. The number of hydrogen-bond donors (Lipinski definition) is 1. The van der Waals surface area contributed by atoms with E-state index in [1.54, 1.807) is 23.6 Å². The van der Waals surface area contributed by atoms with Gasteiger partial charge in [0, 0.05) is 17.5 Å². The number of rotatable bonds is 7. The zero-order chi connectivity index (χ0) is 18.4. The second-order valence-electron chi connectivity index (χ2n) is 5.29. The first-order valence-corrected chi connectivity index (χ1v) is 8.67. The van der Waals surface area contributed by atoms with Gasteiger partial charge in [0.2, 0.25) is 0 Å². The van der Waals surface area contributed by atoms with Crippen molar-refractivity contribution in [3.05, 3.63) is 65.3 Å². The van der Waals surface area contributed by atoms with E-state index in [1.165, 1.54) is 35.8 Å². The van der Waals surface area contributed by atoms with E-state index in [1.807, 2.05) is 0 Å². The lowest BCUT2D eigenvalue weighted by Gasteiger charge is -2.04. The molecule has 0 fully saturated rings. The molecule has 26 heavy (non-hydrogen) atoms. The summed E-state index contributed by atoms with van der Waals surface area (Å²) in [5, 5.41) is 5.07. The summed E-state index contributed by atoms with van der Waals surface area (Å²) in [5.74, 6) is -0.944. The number of nitrogens with one attached hydrogen (secondary N) is 1. The minimum atomic E-state index is -0.443. The van der Waals surface area contributed by atoms with Crippen LogP contribution in [0, 0.1) is 5.82 Å². The Morgan fingerprint density at radius 1 is 1.23 bits per heavy atom. The van der Waals surface area contributed by atoms with Crippen molar-refractivity contribution in [3.8, 4) is 10.6 Å². The molecule has 0 unspecified atom stereocenters. The first kappa shape index (κ1) is 17.8. The third-order valence-corrected chi connectivity index (χ3v) is 4.32. The van der Waals surface area contributed by atoms with Crippen LogP contribution in [-0.4, -0.2) is 23.4 Å². The highest BCUT2D eigenvalue weighted by Gasteiger charge is 2.11. The molecule has 0 saturated heterocycles. The normalized spacial score (nSPS) is 10.5. The number of esters is 1. The molecule has 1 amide bonds. The molecule has 2 aromatic heterocycles. The Hall–Kier alpha value is -3.00. The number of ether oxygens (including phenoxy) is 1. The topological polar surface area (TPSA) is 81.4 Å². The van der Waals surface area contributed by atoms with E-state index in [4.69, 9.17) is 9.15 Å². The summed E-state index contributed by atoms with van der Waals surface area (Å²) in [5.41, 5.74) is 1.41. The summed E-state index contributed by atoms with van der Waals surface area (Å²) in [4.78, 5) is 27.7. The fourth-order valence-electron chi connectivity index (χ4n) is 2.10. The van der Waals surface area contributed by atoms with Gasteiger partial charge in [0.1, 0.15) is 17.4 Å². The Balaban J connectivity index is 1.42. The van der Waals surface area contributed by atoms with E-state index in [2.05, 4.69) is 10.3 Å². The lowest BCUT2D eigenvalue weighted by Crippen LogP contribution is -2.26. The average molecular weight is 374 g/mol. The summed E-state index contributed by atoms with van der Waals surface area (Å²) in [6, 6.07) is 9.17. The van der Waals surface area contributed by atoms with Crippen molar-refractivity contribution < 1.29 is 23.1 Å². The Kier molecular flexibility index (Phi) is 5.75. The van der Waals surface area contributed by atoms with Crippen molar-refractivity contribution in [2.75, 3.05) is 6.54 Å². The van der Waals surface area contributed by atoms with Crippen molar-refractivity contribution >= 4 is 23.2 Å². The van der Waals surface area contributed by atoms with E-state index < -0.39 is 5.97 Å². The highest BCUT2D eigenvalue weighted by Crippen LogP contribution is 2.24. The number of carbonyl (C=O) groups excluding carboxylic acids is 2. The van der Waals surface area contributed by atoms with Gasteiger partial charge in [-0.05, 0) is 36.4 Å². The molecule has 0 radical (unpaired) electrons. The van der Waals surface area contributed by atoms with Gasteiger partial charge in [0.15, 0.2) is 5.76 Å². The summed E-state index contributed by atoms with van der Waals surface area (Å²) in [6.07, 6.45) is 1.44. The van der Waals surface area contributed by atoms with Crippen molar-refractivity contribution in [1.82, 2.24) is 10.3 Å². The number of halogens is 1. The van der Waals surface area contributed by atoms with Crippen molar-refractivity contribution in [1.29, 1.82) is 0 Å². The molecule has 0 aliphatic rings. The molecule has 0 saturated carbocycles. The molecule has 0 spiro atoms. The summed E-state index contributed by atoms with van der Waals surface area (Å²) >= 11 is 1.39. The van der Waals surface area contributed by atoms with Gasteiger partial charge in [0.25, 0.3) is 5.91 Å². The summed E-state index contributed by atoms with van der Waals surface area (Å²) in [6.45, 7) is 0.193. The highest BCUT2D eigenvalue weighted by atomic mass is 32.1. The molecule has 8 heteroatoms. The minimum absolute atomic E-state index is 0.0431. The SMILES string of the molecule is O=C(CCNC(=O)c1ccco1)OCc1csc(-c2ccc(F)cc2)n1. The number of furan rings is 1. The minimum Gasteiger partial charge on any atom is -0.459 e. The maximum Gasteiger partial charge on any atom is 0.307 e. The van der Waals surface area contributed by atoms with Gasteiger partial charge in [-0.2, -0.15) is 0 Å². The largest absolute Gasteiger partial charge is 0.459 e. The van der Waals surface area contributed by atoms with Crippen LogP contribution in [0.3, 0.4) is 0 Å². The smallest absolute Gasteiger partial charge is 0.307 e. The zero-order valence-corrected chi connectivity index (χ0v) is 14.4. The predicted octanol–water partition coefficient (Wildman–Crippen LogP) is 3.41. The molecule has 1 aromatic carbocycles. The Bertz CT molecular complexity index is 875. The van der Waals surface area contributed by atoms with Gasteiger partial charge >= 0.3 is 5.97 Å². The molecular formula is C18H15FN2O4S. The first-order chi connectivity index (χ1) is 12.6. The quantitative estimate of drug-likeness (QED) is 0.641. The molecule has 6 nitrogen and oxygen atoms in total. The predicted molar refractivity (Wildman–Crippen MR) is 93.0 cm³/mol. The first-order valence-electron chi connectivity index (χ1n) is 7.79. The van der Waals surface area contributed by atoms with Crippen LogP contribution in [0.2, 0.25) is 0 Å². The Labute approximate surface area is 152 Å². The molecule has 3 rings (SSSR count). The zero-order valence-electron chi connectivity index (χ0n) is 13.6. The van der Waals surface area contributed by atoms with Gasteiger partial charge in [-0.3, -0.25) is 9.59 Å². The van der Waals surface area contributed by atoms with Gasteiger partial charge in [-0.1, -0.05) is 0 Å². The number of amides is 1. The van der Waals surface area contributed by atoms with E-state index in [-0.39, 0.29) is 37.1 Å². The van der Waals surface area contributed by atoms with E-state index in [9.17, 15) is 14.0 Å². The number of benzene rings is 1. The van der Waals surface area contributed by atoms with Crippen LogP contribution in [0.1, 0.15) is 22.7 Å². The number of hydrogen-bond acceptors (Lipinski definition) is 6. The third kappa shape index (κ3) is 4.76. The molecular weight excluding hydrogens is 359 g/mol. The molecule has 2 heterocycles. The summed E-state index contributed by atoms with van der Waals surface area (Å²) < 4.78 is 23.0. The van der Waals surface area contributed by atoms with Crippen molar-refractivity contribution in [2.45, 2.75) is 13.0 Å². The van der Waals surface area contributed by atoms with Gasteiger partial charge in [-0.15, -0.1) is 11.3 Å². The highest BCUT2D eigenvalue weighted by molar-refractivity contribution is 7.13. The molecule has 134 valence electrons. The molecule has 0 bridgehead atoms. The van der Waals surface area contributed by atoms with E-state index in [0.29, 0.717) is 5.69 Å². The molecule has 0 aliphatic carbocycles. The number of thiazole rings is 1. The van der Waals surface area contributed by atoms with Crippen molar-refractivity contribution in [2.24, 2.45) is 0 Å². The fraction of sp³-hybridized carbons (Fsp3) is 0.167. The van der Waals surface area contributed by atoms with Gasteiger partial charge < -0.3 is 14.5 Å². The lowest BCUT2D eigenvalue weighted by molar-refractivity contribution is -0.144. The standard InChI is InChI=1S/C18H15FN2O4S/c19-13-5-3-12(4-6-13)18-21-14(11-26-18)10-25-16(22)7-8-20-17(23)15-2-1-9-24-15/h1-6,9,11H,7-8,10H2,(H,20,23). The lowest BCUT2D eigenvalue weighted by atomic mass is 10.2. The van der Waals surface area contributed by atoms with Crippen LogP contribution < -0.4 is 5.32 Å². The average Bonchev–Trinajstić information content (AvgIpc) is 3.32. The van der Waals surface area contributed by atoms with Gasteiger partial charge in [-0.25, -0.2) is 9.37 Å². The molecule has 3 aromatic rings. The number of nitrogens with zero attached hydrogens (tertiary/aromatic N) is 1. The van der Waals surface area contributed by atoms with Gasteiger partial charge in [0.05, 0.1) is 18.4 Å². The van der Waals surface area contributed by atoms with Crippen LogP contribution in [0.25, 0.3) is 10.6 Å². The van der Waals surface area contributed by atoms with Crippen LogP contribution in [0.15, 0.2) is 52.5 Å². The van der Waals surface area contributed by atoms with Crippen LogP contribution in [-0.2, 0) is 16.1 Å². The second kappa shape index (κ2) is 8.39. The monoisotopic (exact) mass is 374 g/mol.